The van der Waals surface area contributed by atoms with Crippen molar-refractivity contribution in [2.45, 2.75) is 13.8 Å². The molecule has 0 N–H and O–H groups in total. The average molecular weight is 367 g/mol. The maximum atomic E-state index is 13.0. The minimum Gasteiger partial charge on any atom is -0.463 e. The minimum atomic E-state index is -0.710. The van der Waals surface area contributed by atoms with Crippen LogP contribution in [0, 0.1) is 12.7 Å². The lowest BCUT2D eigenvalue weighted by atomic mass is 10.2. The van der Waals surface area contributed by atoms with Gasteiger partial charge in [0.25, 0.3) is 0 Å². The van der Waals surface area contributed by atoms with Crippen LogP contribution >= 0.6 is 11.6 Å². The van der Waals surface area contributed by atoms with E-state index in [1.165, 1.54) is 35.0 Å². The number of aryl methyl sites for hydroxylation is 1. The molecule has 0 atom stereocenters. The van der Waals surface area contributed by atoms with Gasteiger partial charge in [-0.15, -0.1) is 0 Å². The van der Waals surface area contributed by atoms with Crippen LogP contribution in [0.3, 0.4) is 0 Å². The highest BCUT2D eigenvalue weighted by Gasteiger charge is 2.13. The maximum absolute atomic E-state index is 13.0. The van der Waals surface area contributed by atoms with Crippen LogP contribution < -0.4 is 0 Å². The molecule has 0 unspecified atom stereocenters. The summed E-state index contributed by atoms with van der Waals surface area (Å²) >= 11 is 6.29. The maximum Gasteiger partial charge on any atom is 0.344 e. The molecule has 8 heteroatoms. The van der Waals surface area contributed by atoms with Gasteiger partial charge in [0.05, 0.1) is 18.0 Å². The van der Waals surface area contributed by atoms with E-state index in [2.05, 4.69) is 9.84 Å². The number of carbonyl (C=O) groups is 2. The Hall–Kier alpha value is -2.67. The quantitative estimate of drug-likeness (QED) is 0.580. The zero-order valence-electron chi connectivity index (χ0n) is 13.7. The summed E-state index contributed by atoms with van der Waals surface area (Å²) in [6.45, 7) is 3.13. The molecule has 0 radical (unpaired) electrons. The number of hydrogen-bond acceptors (Lipinski definition) is 5. The van der Waals surface area contributed by atoms with E-state index in [0.29, 0.717) is 16.9 Å². The highest BCUT2D eigenvalue weighted by atomic mass is 35.5. The van der Waals surface area contributed by atoms with Gasteiger partial charge in [0.2, 0.25) is 0 Å². The molecule has 132 valence electrons. The van der Waals surface area contributed by atoms with Gasteiger partial charge in [0.15, 0.2) is 6.61 Å². The molecule has 0 amide bonds. The molecular weight excluding hydrogens is 351 g/mol. The van der Waals surface area contributed by atoms with Gasteiger partial charge in [-0.2, -0.15) is 5.10 Å². The van der Waals surface area contributed by atoms with Crippen molar-refractivity contribution in [2.24, 2.45) is 0 Å². The second kappa shape index (κ2) is 8.43. The van der Waals surface area contributed by atoms with Gasteiger partial charge in [0, 0.05) is 11.6 Å². The van der Waals surface area contributed by atoms with E-state index < -0.39 is 18.5 Å². The summed E-state index contributed by atoms with van der Waals surface area (Å²) in [6, 6.07) is 5.67. The fraction of sp³-hybridized carbons (Fsp3) is 0.235. The fourth-order valence-corrected chi connectivity index (χ4v) is 2.32. The summed E-state index contributed by atoms with van der Waals surface area (Å²) in [5, 5.41) is 4.53. The minimum absolute atomic E-state index is 0.212. The number of halogens is 2. The first-order chi connectivity index (χ1) is 11.9. The summed E-state index contributed by atoms with van der Waals surface area (Å²) in [5.41, 5.74) is 1.67. The van der Waals surface area contributed by atoms with Gasteiger partial charge in [-0.1, -0.05) is 11.6 Å². The standard InChI is InChI=1S/C17H16ClFN2O4/c1-3-24-16(23)10-25-15(22)9-8-14-11(2)20-21(17(14)18)13-6-4-12(19)5-7-13/h4-9H,3,10H2,1-2H3/b9-8+. The summed E-state index contributed by atoms with van der Waals surface area (Å²) in [4.78, 5) is 22.8. The number of aromatic nitrogens is 2. The third kappa shape index (κ3) is 4.90. The van der Waals surface area contributed by atoms with Crippen molar-refractivity contribution < 1.29 is 23.5 Å². The van der Waals surface area contributed by atoms with E-state index in [0.717, 1.165) is 6.08 Å². The summed E-state index contributed by atoms with van der Waals surface area (Å²) in [6.07, 6.45) is 2.59. The molecule has 6 nitrogen and oxygen atoms in total. The van der Waals surface area contributed by atoms with Crippen molar-refractivity contribution in [3.63, 3.8) is 0 Å². The van der Waals surface area contributed by atoms with Crippen LogP contribution in [0.25, 0.3) is 11.8 Å². The molecule has 0 aliphatic heterocycles. The second-order valence-electron chi connectivity index (χ2n) is 4.92. The summed E-state index contributed by atoms with van der Waals surface area (Å²) in [7, 11) is 0. The largest absolute Gasteiger partial charge is 0.463 e. The lowest BCUT2D eigenvalue weighted by molar-refractivity contribution is -0.155. The lowest BCUT2D eigenvalue weighted by Crippen LogP contribution is -2.15. The predicted molar refractivity (Wildman–Crippen MR) is 89.9 cm³/mol. The molecule has 2 aromatic rings. The van der Waals surface area contributed by atoms with Gasteiger partial charge in [-0.3, -0.25) is 0 Å². The van der Waals surface area contributed by atoms with Crippen LogP contribution in [0.2, 0.25) is 5.15 Å². The van der Waals surface area contributed by atoms with Crippen molar-refractivity contribution in [3.05, 3.63) is 52.6 Å². The predicted octanol–water partition coefficient (Wildman–Crippen LogP) is 3.09. The molecule has 2 rings (SSSR count). The number of hydrogen-bond donors (Lipinski definition) is 0. The molecule has 1 aromatic heterocycles. The number of esters is 2. The Morgan fingerprint density at radius 3 is 2.60 bits per heavy atom. The van der Waals surface area contributed by atoms with Crippen molar-refractivity contribution >= 4 is 29.6 Å². The summed E-state index contributed by atoms with van der Waals surface area (Å²) in [5.74, 6) is -1.70. The first-order valence-corrected chi connectivity index (χ1v) is 7.81. The van der Waals surface area contributed by atoms with E-state index >= 15 is 0 Å². The molecule has 0 saturated carbocycles. The fourth-order valence-electron chi connectivity index (χ4n) is 1.99. The molecule has 25 heavy (non-hydrogen) atoms. The van der Waals surface area contributed by atoms with Gasteiger partial charge in [0.1, 0.15) is 11.0 Å². The van der Waals surface area contributed by atoms with Gasteiger partial charge < -0.3 is 9.47 Å². The highest BCUT2D eigenvalue weighted by molar-refractivity contribution is 6.31. The van der Waals surface area contributed by atoms with Gasteiger partial charge in [-0.25, -0.2) is 18.7 Å². The number of rotatable bonds is 6. The van der Waals surface area contributed by atoms with E-state index in [9.17, 15) is 14.0 Å². The first-order valence-electron chi connectivity index (χ1n) is 7.44. The Bertz CT molecular complexity index is 800. The van der Waals surface area contributed by atoms with E-state index in [4.69, 9.17) is 16.3 Å². The van der Waals surface area contributed by atoms with Gasteiger partial charge >= 0.3 is 11.9 Å². The van der Waals surface area contributed by atoms with Gasteiger partial charge in [-0.05, 0) is 44.2 Å². The zero-order chi connectivity index (χ0) is 18.4. The van der Waals surface area contributed by atoms with Crippen LogP contribution in [-0.2, 0) is 19.1 Å². The Morgan fingerprint density at radius 2 is 1.96 bits per heavy atom. The Morgan fingerprint density at radius 1 is 1.28 bits per heavy atom. The number of nitrogens with zero attached hydrogens (tertiary/aromatic N) is 2. The Balaban J connectivity index is 2.11. The van der Waals surface area contributed by atoms with Crippen LogP contribution in [-0.4, -0.2) is 34.9 Å². The third-order valence-corrected chi connectivity index (χ3v) is 3.51. The molecule has 0 spiro atoms. The molecule has 0 saturated heterocycles. The topological polar surface area (TPSA) is 70.4 Å². The molecular formula is C17H16ClFN2O4. The van der Waals surface area contributed by atoms with Crippen molar-refractivity contribution in [1.29, 1.82) is 0 Å². The molecule has 1 aromatic carbocycles. The molecule has 1 heterocycles. The summed E-state index contributed by atoms with van der Waals surface area (Å²) < 4.78 is 23.9. The highest BCUT2D eigenvalue weighted by Crippen LogP contribution is 2.24. The number of benzene rings is 1. The van der Waals surface area contributed by atoms with E-state index in [-0.39, 0.29) is 17.6 Å². The number of carbonyl (C=O) groups excluding carboxylic acids is 2. The van der Waals surface area contributed by atoms with Crippen molar-refractivity contribution in [2.75, 3.05) is 13.2 Å². The molecule has 0 aliphatic rings. The monoisotopic (exact) mass is 366 g/mol. The van der Waals surface area contributed by atoms with Crippen molar-refractivity contribution in [3.8, 4) is 5.69 Å². The Labute approximate surface area is 148 Å². The molecule has 0 fully saturated rings. The normalized spacial score (nSPS) is 10.9. The SMILES string of the molecule is CCOC(=O)COC(=O)/C=C/c1c(C)nn(-c2ccc(F)cc2)c1Cl. The first kappa shape index (κ1) is 18.7. The zero-order valence-corrected chi connectivity index (χ0v) is 14.4. The smallest absolute Gasteiger partial charge is 0.344 e. The van der Waals surface area contributed by atoms with E-state index in [1.54, 1.807) is 13.8 Å². The second-order valence-corrected chi connectivity index (χ2v) is 5.28. The molecule has 0 aliphatic carbocycles. The third-order valence-electron chi connectivity index (χ3n) is 3.14. The van der Waals surface area contributed by atoms with Crippen LogP contribution in [0.1, 0.15) is 18.2 Å². The number of ether oxygens (including phenoxy) is 2. The van der Waals surface area contributed by atoms with Crippen LogP contribution in [0.15, 0.2) is 30.3 Å². The average Bonchev–Trinajstić information content (AvgIpc) is 2.86. The van der Waals surface area contributed by atoms with Crippen LogP contribution in [0.4, 0.5) is 4.39 Å². The Kier molecular flexibility index (Phi) is 6.30. The van der Waals surface area contributed by atoms with Crippen molar-refractivity contribution in [1.82, 2.24) is 9.78 Å². The van der Waals surface area contributed by atoms with E-state index in [1.807, 2.05) is 0 Å². The lowest BCUT2D eigenvalue weighted by Gasteiger charge is -2.03. The van der Waals surface area contributed by atoms with Crippen LogP contribution in [0.5, 0.6) is 0 Å². The molecule has 0 bridgehead atoms.